The molecule has 1 heterocycles. The van der Waals surface area contributed by atoms with Crippen LogP contribution in [0.2, 0.25) is 0 Å². The van der Waals surface area contributed by atoms with Gasteiger partial charge in [-0.25, -0.2) is 8.78 Å². The molecule has 0 aliphatic carbocycles. The topological polar surface area (TPSA) is 56.6 Å². The lowest BCUT2D eigenvalue weighted by molar-refractivity contribution is 0.150. The third-order valence-corrected chi connectivity index (χ3v) is 2.21. The Bertz CT molecular complexity index is 436. The predicted molar refractivity (Wildman–Crippen MR) is 49.4 cm³/mol. The lowest BCUT2D eigenvalue weighted by Gasteiger charge is -2.05. The van der Waals surface area contributed by atoms with Gasteiger partial charge in [0, 0.05) is 16.6 Å². The van der Waals surface area contributed by atoms with Gasteiger partial charge < -0.3 is 4.98 Å². The number of aromatic amines is 1. The van der Waals surface area contributed by atoms with Gasteiger partial charge in [0.15, 0.2) is 0 Å². The van der Waals surface area contributed by atoms with Crippen LogP contribution in [0.3, 0.4) is 0 Å². The molecule has 0 saturated heterocycles. The van der Waals surface area contributed by atoms with Crippen LogP contribution in [0, 0.1) is 11.3 Å². The molecule has 0 atom stereocenters. The highest BCUT2D eigenvalue weighted by Gasteiger charge is 2.15. The lowest BCUT2D eigenvalue weighted by atomic mass is 10.1. The summed E-state index contributed by atoms with van der Waals surface area (Å²) in [5, 5.41) is 8.58. The minimum atomic E-state index is -2.70. The maximum Gasteiger partial charge on any atom is 0.266 e. The van der Waals surface area contributed by atoms with Gasteiger partial charge in [-0.05, 0) is 6.07 Å². The maximum atomic E-state index is 12.4. The van der Waals surface area contributed by atoms with Gasteiger partial charge in [0.1, 0.15) is 11.6 Å². The Kier molecular flexibility index (Phi) is 3.36. The minimum absolute atomic E-state index is 0.101. The fourth-order valence-corrected chi connectivity index (χ4v) is 1.44. The second-order valence-corrected chi connectivity index (χ2v) is 3.05. The van der Waals surface area contributed by atoms with Crippen molar-refractivity contribution in [1.29, 1.82) is 5.26 Å². The first-order chi connectivity index (χ1) is 6.60. The molecule has 1 N–H and O–H groups in total. The average Bonchev–Trinajstić information content (AvgIpc) is 2.16. The van der Waals surface area contributed by atoms with Gasteiger partial charge >= 0.3 is 0 Å². The molecule has 6 heteroatoms. The van der Waals surface area contributed by atoms with Crippen molar-refractivity contribution in [3.63, 3.8) is 0 Å². The molecule has 0 unspecified atom stereocenters. The van der Waals surface area contributed by atoms with Crippen molar-refractivity contribution in [1.82, 2.24) is 4.98 Å². The molecule has 0 spiro atoms. The molecule has 14 heavy (non-hydrogen) atoms. The number of hydrogen-bond donors (Lipinski definition) is 1. The highest BCUT2D eigenvalue weighted by molar-refractivity contribution is 9.08. The quantitative estimate of drug-likeness (QED) is 0.830. The van der Waals surface area contributed by atoms with Crippen molar-refractivity contribution in [3.05, 3.63) is 33.2 Å². The summed E-state index contributed by atoms with van der Waals surface area (Å²) < 4.78 is 24.8. The smallest absolute Gasteiger partial charge is 0.266 e. The Hall–Kier alpha value is -1.22. The largest absolute Gasteiger partial charge is 0.324 e. The molecule has 0 aromatic carbocycles. The van der Waals surface area contributed by atoms with Gasteiger partial charge in [-0.2, -0.15) is 5.26 Å². The van der Waals surface area contributed by atoms with E-state index >= 15 is 0 Å². The molecule has 1 aromatic rings. The molecule has 0 aliphatic rings. The third kappa shape index (κ3) is 1.99. The SMILES string of the molecule is N#Cc1cc(C(F)F)c(CBr)[nH]c1=O. The predicted octanol–water partition coefficient (Wildman–Crippen LogP) is 2.08. The van der Waals surface area contributed by atoms with Crippen molar-refractivity contribution in [2.75, 3.05) is 0 Å². The Labute approximate surface area is 86.5 Å². The van der Waals surface area contributed by atoms with Gasteiger partial charge in [-0.1, -0.05) is 15.9 Å². The van der Waals surface area contributed by atoms with Gasteiger partial charge in [-0.15, -0.1) is 0 Å². The van der Waals surface area contributed by atoms with E-state index in [2.05, 4.69) is 20.9 Å². The van der Waals surface area contributed by atoms with E-state index in [-0.39, 0.29) is 22.2 Å². The average molecular weight is 263 g/mol. The van der Waals surface area contributed by atoms with E-state index in [0.29, 0.717) is 0 Å². The molecule has 1 rings (SSSR count). The number of nitriles is 1. The van der Waals surface area contributed by atoms with Crippen molar-refractivity contribution in [3.8, 4) is 6.07 Å². The fourth-order valence-electron chi connectivity index (χ4n) is 0.973. The number of nitrogens with zero attached hydrogens (tertiary/aromatic N) is 1. The normalized spacial score (nSPS) is 10.2. The number of hydrogen-bond acceptors (Lipinski definition) is 2. The van der Waals surface area contributed by atoms with Crippen LogP contribution < -0.4 is 5.56 Å². The number of aromatic nitrogens is 1. The maximum absolute atomic E-state index is 12.4. The van der Waals surface area contributed by atoms with Crippen LogP contribution in [0.25, 0.3) is 0 Å². The van der Waals surface area contributed by atoms with Gasteiger partial charge in [0.2, 0.25) is 0 Å². The van der Waals surface area contributed by atoms with Crippen molar-refractivity contribution >= 4 is 15.9 Å². The molecule has 0 radical (unpaired) electrons. The second-order valence-electron chi connectivity index (χ2n) is 2.49. The fraction of sp³-hybridized carbons (Fsp3) is 0.250. The lowest BCUT2D eigenvalue weighted by Crippen LogP contribution is -2.14. The molecule has 0 aliphatic heterocycles. The highest BCUT2D eigenvalue weighted by Crippen LogP contribution is 2.22. The zero-order valence-electron chi connectivity index (χ0n) is 6.85. The zero-order chi connectivity index (χ0) is 10.7. The monoisotopic (exact) mass is 262 g/mol. The van der Waals surface area contributed by atoms with Crippen molar-refractivity contribution in [2.24, 2.45) is 0 Å². The minimum Gasteiger partial charge on any atom is -0.324 e. The second kappa shape index (κ2) is 4.33. The van der Waals surface area contributed by atoms with E-state index in [0.717, 1.165) is 6.07 Å². The molecule has 3 nitrogen and oxygen atoms in total. The van der Waals surface area contributed by atoms with E-state index in [1.54, 1.807) is 6.07 Å². The number of halogens is 3. The van der Waals surface area contributed by atoms with Crippen molar-refractivity contribution < 1.29 is 8.78 Å². The van der Waals surface area contributed by atoms with Crippen LogP contribution in [0.4, 0.5) is 8.78 Å². The number of nitrogens with one attached hydrogen (secondary N) is 1. The Morgan fingerprint density at radius 2 is 2.29 bits per heavy atom. The molecular formula is C8H5BrF2N2O. The standard InChI is InChI=1S/C8H5BrF2N2O/c9-2-6-5(7(10)11)1-4(3-12)8(14)13-6/h1,7H,2H2,(H,13,14). The first-order valence-electron chi connectivity index (χ1n) is 3.60. The summed E-state index contributed by atoms with van der Waals surface area (Å²) in [6.45, 7) is 0. The summed E-state index contributed by atoms with van der Waals surface area (Å²) >= 11 is 2.97. The molecule has 0 bridgehead atoms. The van der Waals surface area contributed by atoms with E-state index in [1.807, 2.05) is 0 Å². The van der Waals surface area contributed by atoms with Gasteiger partial charge in [0.25, 0.3) is 12.0 Å². The molecule has 0 saturated carbocycles. The Morgan fingerprint density at radius 3 is 2.71 bits per heavy atom. The van der Waals surface area contributed by atoms with Crippen LogP contribution in [-0.4, -0.2) is 4.98 Å². The summed E-state index contributed by atoms with van der Waals surface area (Å²) in [6, 6.07) is 2.47. The van der Waals surface area contributed by atoms with E-state index in [9.17, 15) is 13.6 Å². The van der Waals surface area contributed by atoms with E-state index in [4.69, 9.17) is 5.26 Å². The highest BCUT2D eigenvalue weighted by atomic mass is 79.9. The summed E-state index contributed by atoms with van der Waals surface area (Å²) in [4.78, 5) is 13.3. The molecular weight excluding hydrogens is 258 g/mol. The Balaban J connectivity index is 3.42. The number of alkyl halides is 3. The molecule has 1 aromatic heterocycles. The van der Waals surface area contributed by atoms with Crippen LogP contribution >= 0.6 is 15.9 Å². The number of pyridine rings is 1. The summed E-state index contributed by atoms with van der Waals surface area (Å²) in [5.74, 6) is 0. The van der Waals surface area contributed by atoms with Crippen LogP contribution in [0.1, 0.15) is 23.2 Å². The summed E-state index contributed by atoms with van der Waals surface area (Å²) in [5.41, 5.74) is -1.17. The first-order valence-corrected chi connectivity index (χ1v) is 4.72. The molecule has 0 fully saturated rings. The van der Waals surface area contributed by atoms with Crippen LogP contribution in [0.15, 0.2) is 10.9 Å². The van der Waals surface area contributed by atoms with Gasteiger partial charge in [0.05, 0.1) is 0 Å². The molecule has 74 valence electrons. The van der Waals surface area contributed by atoms with Crippen LogP contribution in [0.5, 0.6) is 0 Å². The zero-order valence-corrected chi connectivity index (χ0v) is 8.44. The van der Waals surface area contributed by atoms with Crippen molar-refractivity contribution in [2.45, 2.75) is 11.8 Å². The number of rotatable bonds is 2. The van der Waals surface area contributed by atoms with E-state index in [1.165, 1.54) is 0 Å². The third-order valence-electron chi connectivity index (χ3n) is 1.65. The Morgan fingerprint density at radius 1 is 1.64 bits per heavy atom. The van der Waals surface area contributed by atoms with E-state index < -0.39 is 12.0 Å². The summed E-state index contributed by atoms with van der Waals surface area (Å²) in [7, 11) is 0. The summed E-state index contributed by atoms with van der Waals surface area (Å²) in [6.07, 6.45) is -2.70. The first kappa shape index (κ1) is 10.9. The number of H-pyrrole nitrogens is 1. The van der Waals surface area contributed by atoms with Gasteiger partial charge in [-0.3, -0.25) is 4.79 Å². The van der Waals surface area contributed by atoms with Crippen LogP contribution in [-0.2, 0) is 5.33 Å². The molecule has 0 amide bonds.